The second kappa shape index (κ2) is 6.64. The maximum Gasteiger partial charge on any atom is 0.315 e. The molecule has 3 N–H and O–H groups in total. The van der Waals surface area contributed by atoms with Crippen LogP contribution < -0.4 is 10.6 Å². The van der Waals surface area contributed by atoms with Crippen molar-refractivity contribution < 1.29 is 9.90 Å². The zero-order chi connectivity index (χ0) is 14.5. The number of urea groups is 1. The summed E-state index contributed by atoms with van der Waals surface area (Å²) in [5, 5.41) is 15.2. The number of carbonyl (C=O) groups excluding carboxylic acids is 1. The molecule has 1 aromatic carbocycles. The molecular formula is C16H24N2O2. The molecule has 20 heavy (non-hydrogen) atoms. The van der Waals surface area contributed by atoms with Gasteiger partial charge >= 0.3 is 6.03 Å². The summed E-state index contributed by atoms with van der Waals surface area (Å²) in [5.41, 5.74) is 1.17. The molecule has 0 spiro atoms. The molecule has 110 valence electrons. The number of aromatic hydroxyl groups is 1. The van der Waals surface area contributed by atoms with E-state index in [1.54, 1.807) is 12.1 Å². The molecule has 4 heteroatoms. The van der Waals surface area contributed by atoms with Gasteiger partial charge in [-0.2, -0.15) is 0 Å². The van der Waals surface area contributed by atoms with Crippen LogP contribution in [0.2, 0.25) is 0 Å². The lowest BCUT2D eigenvalue weighted by molar-refractivity contribution is 0.232. The Morgan fingerprint density at radius 3 is 2.50 bits per heavy atom. The molecule has 2 atom stereocenters. The van der Waals surface area contributed by atoms with Crippen molar-refractivity contribution in [3.63, 3.8) is 0 Å². The highest BCUT2D eigenvalue weighted by atomic mass is 16.3. The molecule has 1 aliphatic carbocycles. The molecule has 0 bridgehead atoms. The number of amides is 2. The molecule has 0 aromatic heterocycles. The summed E-state index contributed by atoms with van der Waals surface area (Å²) in [6.45, 7) is 4.08. The Bertz CT molecular complexity index is 440. The van der Waals surface area contributed by atoms with E-state index in [1.165, 1.54) is 18.4 Å². The van der Waals surface area contributed by atoms with Gasteiger partial charge in [-0.1, -0.05) is 12.1 Å². The third-order valence-electron chi connectivity index (χ3n) is 3.87. The number of carbonyl (C=O) groups is 1. The van der Waals surface area contributed by atoms with Gasteiger partial charge in [-0.25, -0.2) is 4.79 Å². The molecule has 0 saturated heterocycles. The molecule has 1 fully saturated rings. The van der Waals surface area contributed by atoms with Gasteiger partial charge in [0.2, 0.25) is 0 Å². The van der Waals surface area contributed by atoms with Crippen LogP contribution in [0, 0.1) is 5.92 Å². The molecule has 2 amide bonds. The molecule has 2 rings (SSSR count). The predicted octanol–water partition coefficient (Wildman–Crippen LogP) is 2.81. The van der Waals surface area contributed by atoms with Crippen molar-refractivity contribution in [2.75, 3.05) is 0 Å². The van der Waals surface area contributed by atoms with Gasteiger partial charge in [0.05, 0.1) is 0 Å². The zero-order valence-electron chi connectivity index (χ0n) is 12.2. The maximum atomic E-state index is 11.8. The van der Waals surface area contributed by atoms with Crippen molar-refractivity contribution in [2.45, 2.75) is 51.6 Å². The van der Waals surface area contributed by atoms with Crippen LogP contribution in [0.3, 0.4) is 0 Å². The van der Waals surface area contributed by atoms with Crippen molar-refractivity contribution in [1.29, 1.82) is 0 Å². The van der Waals surface area contributed by atoms with E-state index in [9.17, 15) is 9.90 Å². The van der Waals surface area contributed by atoms with Crippen LogP contribution in [-0.4, -0.2) is 23.2 Å². The average molecular weight is 276 g/mol. The van der Waals surface area contributed by atoms with Crippen LogP contribution >= 0.6 is 0 Å². The van der Waals surface area contributed by atoms with Gasteiger partial charge in [0.15, 0.2) is 0 Å². The number of phenolic OH excluding ortho intramolecular Hbond substituents is 1. The van der Waals surface area contributed by atoms with Gasteiger partial charge in [0.1, 0.15) is 5.75 Å². The van der Waals surface area contributed by atoms with Gasteiger partial charge in [0.25, 0.3) is 0 Å². The van der Waals surface area contributed by atoms with Crippen molar-refractivity contribution in [3.05, 3.63) is 29.8 Å². The van der Waals surface area contributed by atoms with E-state index in [0.717, 1.165) is 12.8 Å². The third kappa shape index (κ3) is 4.76. The van der Waals surface area contributed by atoms with Crippen molar-refractivity contribution in [3.8, 4) is 5.75 Å². The van der Waals surface area contributed by atoms with Crippen LogP contribution in [0.1, 0.15) is 38.7 Å². The van der Waals surface area contributed by atoms with Crippen LogP contribution in [0.15, 0.2) is 24.3 Å². The third-order valence-corrected chi connectivity index (χ3v) is 3.87. The lowest BCUT2D eigenvalue weighted by Crippen LogP contribution is -2.45. The first kappa shape index (κ1) is 14.7. The van der Waals surface area contributed by atoms with Crippen LogP contribution in [-0.2, 0) is 6.42 Å². The monoisotopic (exact) mass is 276 g/mol. The largest absolute Gasteiger partial charge is 0.508 e. The number of nitrogens with one attached hydrogen (secondary N) is 2. The van der Waals surface area contributed by atoms with E-state index in [0.29, 0.717) is 5.92 Å². The highest BCUT2D eigenvalue weighted by molar-refractivity contribution is 5.74. The average Bonchev–Trinajstić information content (AvgIpc) is 3.22. The molecule has 2 unspecified atom stereocenters. The summed E-state index contributed by atoms with van der Waals surface area (Å²) in [7, 11) is 0. The van der Waals surface area contributed by atoms with Crippen LogP contribution in [0.25, 0.3) is 0 Å². The minimum absolute atomic E-state index is 0.0670. The maximum absolute atomic E-state index is 11.8. The van der Waals surface area contributed by atoms with Gasteiger partial charge in [-0.05, 0) is 63.1 Å². The van der Waals surface area contributed by atoms with E-state index >= 15 is 0 Å². The predicted molar refractivity (Wildman–Crippen MR) is 79.7 cm³/mol. The Balaban J connectivity index is 1.67. The molecule has 0 aliphatic heterocycles. The number of hydrogen-bond acceptors (Lipinski definition) is 2. The quantitative estimate of drug-likeness (QED) is 0.748. The highest BCUT2D eigenvalue weighted by Crippen LogP contribution is 2.32. The fraction of sp³-hybridized carbons (Fsp3) is 0.562. The summed E-state index contributed by atoms with van der Waals surface area (Å²) >= 11 is 0. The Kier molecular flexibility index (Phi) is 4.88. The Hall–Kier alpha value is -1.71. The van der Waals surface area contributed by atoms with Gasteiger partial charge in [-0.3, -0.25) is 0 Å². The fourth-order valence-electron chi connectivity index (χ4n) is 2.30. The zero-order valence-corrected chi connectivity index (χ0v) is 12.2. The van der Waals surface area contributed by atoms with E-state index in [-0.39, 0.29) is 23.9 Å². The number of hydrogen-bond donors (Lipinski definition) is 3. The minimum atomic E-state index is -0.0670. The van der Waals surface area contributed by atoms with Crippen molar-refractivity contribution in [2.24, 2.45) is 5.92 Å². The van der Waals surface area contributed by atoms with Gasteiger partial charge < -0.3 is 15.7 Å². The highest BCUT2D eigenvalue weighted by Gasteiger charge is 2.28. The second-order valence-electron chi connectivity index (χ2n) is 5.85. The first-order valence-electron chi connectivity index (χ1n) is 7.39. The number of phenols is 1. The standard InChI is InChI=1S/C16H24N2O2/c1-11(3-4-13-5-9-15(19)10-6-13)17-16(20)18-12(2)14-7-8-14/h5-6,9-12,14,19H,3-4,7-8H2,1-2H3,(H2,17,18,20). The van der Waals surface area contributed by atoms with Gasteiger partial charge in [0, 0.05) is 12.1 Å². The molecule has 4 nitrogen and oxygen atoms in total. The SMILES string of the molecule is CC(CCc1ccc(O)cc1)NC(=O)NC(C)C1CC1. The topological polar surface area (TPSA) is 61.4 Å². The lowest BCUT2D eigenvalue weighted by atomic mass is 10.1. The molecule has 1 aromatic rings. The normalized spacial score (nSPS) is 17.3. The fourth-order valence-corrected chi connectivity index (χ4v) is 2.30. The van der Waals surface area contributed by atoms with Crippen molar-refractivity contribution in [1.82, 2.24) is 10.6 Å². The molecule has 1 saturated carbocycles. The minimum Gasteiger partial charge on any atom is -0.508 e. The Morgan fingerprint density at radius 1 is 1.25 bits per heavy atom. The number of rotatable bonds is 6. The first-order valence-corrected chi connectivity index (χ1v) is 7.39. The van der Waals surface area contributed by atoms with Crippen LogP contribution in [0.4, 0.5) is 4.79 Å². The first-order chi connectivity index (χ1) is 9.54. The van der Waals surface area contributed by atoms with E-state index in [1.807, 2.05) is 19.1 Å². The summed E-state index contributed by atoms with van der Waals surface area (Å²) in [6, 6.07) is 7.56. The Labute approximate surface area is 120 Å². The molecular weight excluding hydrogens is 252 g/mol. The molecule has 0 radical (unpaired) electrons. The summed E-state index contributed by atoms with van der Waals surface area (Å²) in [6.07, 6.45) is 4.24. The second-order valence-corrected chi connectivity index (χ2v) is 5.85. The smallest absolute Gasteiger partial charge is 0.315 e. The van der Waals surface area contributed by atoms with Gasteiger partial charge in [-0.15, -0.1) is 0 Å². The number of benzene rings is 1. The summed E-state index contributed by atoms with van der Waals surface area (Å²) in [5.74, 6) is 0.960. The lowest BCUT2D eigenvalue weighted by Gasteiger charge is -2.18. The summed E-state index contributed by atoms with van der Waals surface area (Å²) < 4.78 is 0. The molecule has 0 heterocycles. The summed E-state index contributed by atoms with van der Waals surface area (Å²) in [4.78, 5) is 11.8. The van der Waals surface area contributed by atoms with E-state index < -0.39 is 0 Å². The molecule has 1 aliphatic rings. The Morgan fingerprint density at radius 2 is 1.90 bits per heavy atom. The van der Waals surface area contributed by atoms with E-state index in [2.05, 4.69) is 17.6 Å². The van der Waals surface area contributed by atoms with Crippen molar-refractivity contribution >= 4 is 6.03 Å². The number of aryl methyl sites for hydroxylation is 1. The van der Waals surface area contributed by atoms with E-state index in [4.69, 9.17) is 0 Å². The van der Waals surface area contributed by atoms with Crippen LogP contribution in [0.5, 0.6) is 5.75 Å².